The molecule has 1 aromatic rings. The van der Waals surface area contributed by atoms with Crippen molar-refractivity contribution < 1.29 is 4.79 Å². The highest BCUT2D eigenvalue weighted by Crippen LogP contribution is 2.28. The van der Waals surface area contributed by atoms with Crippen molar-refractivity contribution in [1.82, 2.24) is 20.9 Å². The molecule has 168 valence electrons. The number of piperidine rings is 1. The molecule has 1 aromatic carbocycles. The van der Waals surface area contributed by atoms with Gasteiger partial charge in [-0.3, -0.25) is 14.7 Å². The summed E-state index contributed by atoms with van der Waals surface area (Å²) in [5.74, 6) is 2.09. The summed E-state index contributed by atoms with van der Waals surface area (Å²) in [7, 11) is 0. The number of carbonyl (C=O) groups excluding carboxylic acids is 1. The van der Waals surface area contributed by atoms with Gasteiger partial charge in [0.15, 0.2) is 5.96 Å². The van der Waals surface area contributed by atoms with E-state index in [1.165, 1.54) is 18.4 Å². The van der Waals surface area contributed by atoms with Gasteiger partial charge < -0.3 is 16.0 Å². The number of likely N-dealkylation sites (tertiary alicyclic amines) is 1. The normalized spacial score (nSPS) is 18.9. The standard InChI is InChI=1S/C23H37N5O.HI/c1-3-24-23(26-14-13-25-22(29)20-9-10-20)27-17-21(19-7-5-4-6-8-19)28-15-11-18(2)12-16-28;/h4-8,18,20-21H,3,9-17H2,1-2H3,(H,25,29)(H2,24,26,27);1H. The fraction of sp³-hybridized carbons (Fsp3) is 0.652. The number of nitrogens with one attached hydrogen (secondary N) is 3. The minimum atomic E-state index is 0. The summed E-state index contributed by atoms with van der Waals surface area (Å²) in [6, 6.07) is 11.0. The molecule has 1 saturated carbocycles. The zero-order valence-corrected chi connectivity index (χ0v) is 20.7. The van der Waals surface area contributed by atoms with Crippen molar-refractivity contribution in [3.63, 3.8) is 0 Å². The van der Waals surface area contributed by atoms with Gasteiger partial charge in [0.2, 0.25) is 5.91 Å². The Hall–Kier alpha value is -1.35. The Balaban J connectivity index is 0.00000320. The van der Waals surface area contributed by atoms with Crippen molar-refractivity contribution in [2.75, 3.05) is 39.3 Å². The fourth-order valence-electron chi connectivity index (χ4n) is 3.82. The first-order valence-electron chi connectivity index (χ1n) is 11.3. The number of halogens is 1. The largest absolute Gasteiger partial charge is 0.357 e. The Morgan fingerprint density at radius 2 is 1.73 bits per heavy atom. The minimum Gasteiger partial charge on any atom is -0.357 e. The van der Waals surface area contributed by atoms with Crippen LogP contribution in [0.25, 0.3) is 0 Å². The van der Waals surface area contributed by atoms with E-state index in [9.17, 15) is 4.79 Å². The smallest absolute Gasteiger partial charge is 0.223 e. The van der Waals surface area contributed by atoms with Gasteiger partial charge >= 0.3 is 0 Å². The van der Waals surface area contributed by atoms with E-state index in [4.69, 9.17) is 4.99 Å². The highest BCUT2D eigenvalue weighted by molar-refractivity contribution is 14.0. The predicted octanol–water partition coefficient (Wildman–Crippen LogP) is 3.16. The van der Waals surface area contributed by atoms with E-state index < -0.39 is 0 Å². The van der Waals surface area contributed by atoms with Gasteiger partial charge in [-0.25, -0.2) is 0 Å². The van der Waals surface area contributed by atoms with Gasteiger partial charge in [0.25, 0.3) is 0 Å². The summed E-state index contributed by atoms with van der Waals surface area (Å²) in [5.41, 5.74) is 1.33. The minimum absolute atomic E-state index is 0. The lowest BCUT2D eigenvalue weighted by molar-refractivity contribution is -0.122. The van der Waals surface area contributed by atoms with Crippen LogP contribution in [-0.2, 0) is 4.79 Å². The summed E-state index contributed by atoms with van der Waals surface area (Å²) in [4.78, 5) is 19.2. The highest BCUT2D eigenvalue weighted by Gasteiger charge is 2.29. The number of hydrogen-bond acceptors (Lipinski definition) is 3. The molecule has 3 N–H and O–H groups in total. The van der Waals surface area contributed by atoms with Gasteiger partial charge in [0.1, 0.15) is 0 Å². The van der Waals surface area contributed by atoms with Crippen molar-refractivity contribution >= 4 is 35.8 Å². The van der Waals surface area contributed by atoms with Crippen LogP contribution in [0.1, 0.15) is 51.1 Å². The third-order valence-corrected chi connectivity index (χ3v) is 5.87. The van der Waals surface area contributed by atoms with E-state index in [0.717, 1.165) is 50.9 Å². The SMILES string of the molecule is CCNC(=NCC(c1ccccc1)N1CCC(C)CC1)NCCNC(=O)C1CC1.I. The van der Waals surface area contributed by atoms with Crippen LogP contribution in [0.2, 0.25) is 0 Å². The summed E-state index contributed by atoms with van der Waals surface area (Å²) in [5, 5.41) is 9.68. The molecule has 0 aromatic heterocycles. The highest BCUT2D eigenvalue weighted by atomic mass is 127. The maximum Gasteiger partial charge on any atom is 0.223 e. The van der Waals surface area contributed by atoms with Gasteiger partial charge in [-0.2, -0.15) is 0 Å². The Kier molecular flexibility index (Phi) is 10.9. The van der Waals surface area contributed by atoms with Crippen molar-refractivity contribution in [3.05, 3.63) is 35.9 Å². The van der Waals surface area contributed by atoms with Crippen LogP contribution in [0.5, 0.6) is 0 Å². The van der Waals surface area contributed by atoms with Gasteiger partial charge in [-0.1, -0.05) is 37.3 Å². The zero-order chi connectivity index (χ0) is 20.5. The van der Waals surface area contributed by atoms with Crippen molar-refractivity contribution in [2.45, 2.75) is 45.6 Å². The Morgan fingerprint density at radius 3 is 2.37 bits per heavy atom. The van der Waals surface area contributed by atoms with Gasteiger partial charge in [0.05, 0.1) is 12.6 Å². The topological polar surface area (TPSA) is 68.8 Å². The maximum absolute atomic E-state index is 11.8. The Morgan fingerprint density at radius 1 is 1.07 bits per heavy atom. The molecule has 1 aliphatic heterocycles. The third kappa shape index (κ3) is 8.06. The first kappa shape index (κ1) is 24.9. The van der Waals surface area contributed by atoms with Crippen molar-refractivity contribution in [2.24, 2.45) is 16.8 Å². The number of amides is 1. The first-order valence-corrected chi connectivity index (χ1v) is 11.3. The van der Waals surface area contributed by atoms with E-state index in [1.807, 2.05) is 0 Å². The molecule has 0 bridgehead atoms. The number of guanidine groups is 1. The lowest BCUT2D eigenvalue weighted by Gasteiger charge is -2.36. The van der Waals surface area contributed by atoms with Crippen LogP contribution >= 0.6 is 24.0 Å². The molecular weight excluding hydrogens is 489 g/mol. The molecule has 6 nitrogen and oxygen atoms in total. The van der Waals surface area contributed by atoms with Gasteiger partial charge in [-0.15, -0.1) is 24.0 Å². The maximum atomic E-state index is 11.8. The van der Waals surface area contributed by atoms with Crippen molar-refractivity contribution in [1.29, 1.82) is 0 Å². The number of rotatable bonds is 9. The quantitative estimate of drug-likeness (QED) is 0.200. The molecule has 30 heavy (non-hydrogen) atoms. The summed E-state index contributed by atoms with van der Waals surface area (Å²) >= 11 is 0. The summed E-state index contributed by atoms with van der Waals surface area (Å²) in [6.07, 6.45) is 4.59. The van der Waals surface area contributed by atoms with Crippen LogP contribution < -0.4 is 16.0 Å². The van der Waals surface area contributed by atoms with Crippen LogP contribution in [-0.4, -0.2) is 56.0 Å². The molecule has 1 atom stereocenters. The van der Waals surface area contributed by atoms with E-state index in [2.05, 4.69) is 65.0 Å². The number of carbonyl (C=O) groups is 1. The molecule has 0 radical (unpaired) electrons. The molecule has 3 rings (SSSR count). The molecule has 2 fully saturated rings. The molecule has 0 spiro atoms. The van der Waals surface area contributed by atoms with E-state index in [0.29, 0.717) is 19.1 Å². The number of nitrogens with zero attached hydrogens (tertiary/aromatic N) is 2. The molecule has 1 heterocycles. The second-order valence-electron chi connectivity index (χ2n) is 8.36. The Bertz CT molecular complexity index is 657. The molecule has 1 unspecified atom stereocenters. The molecule has 7 heteroatoms. The average molecular weight is 527 g/mol. The number of hydrogen-bond donors (Lipinski definition) is 3. The van der Waals surface area contributed by atoms with Crippen molar-refractivity contribution in [3.8, 4) is 0 Å². The zero-order valence-electron chi connectivity index (χ0n) is 18.4. The third-order valence-electron chi connectivity index (χ3n) is 5.87. The number of aliphatic imine (C=N–C) groups is 1. The van der Waals surface area contributed by atoms with Crippen LogP contribution in [0.3, 0.4) is 0 Å². The summed E-state index contributed by atoms with van der Waals surface area (Å²) in [6.45, 7) is 9.54. The Labute approximate surface area is 198 Å². The second-order valence-corrected chi connectivity index (χ2v) is 8.36. The first-order chi connectivity index (χ1) is 14.2. The predicted molar refractivity (Wildman–Crippen MR) is 134 cm³/mol. The lowest BCUT2D eigenvalue weighted by Crippen LogP contribution is -2.43. The average Bonchev–Trinajstić information content (AvgIpc) is 3.58. The van der Waals surface area contributed by atoms with Gasteiger partial charge in [0, 0.05) is 25.6 Å². The lowest BCUT2D eigenvalue weighted by atomic mass is 9.96. The monoisotopic (exact) mass is 527 g/mol. The molecule has 1 amide bonds. The van der Waals surface area contributed by atoms with Crippen LogP contribution in [0.4, 0.5) is 0 Å². The second kappa shape index (κ2) is 13.1. The number of benzene rings is 1. The summed E-state index contributed by atoms with van der Waals surface area (Å²) < 4.78 is 0. The van der Waals surface area contributed by atoms with Gasteiger partial charge in [-0.05, 0) is 57.2 Å². The van der Waals surface area contributed by atoms with Crippen LogP contribution in [0, 0.1) is 11.8 Å². The van der Waals surface area contributed by atoms with E-state index >= 15 is 0 Å². The van der Waals surface area contributed by atoms with Crippen LogP contribution in [0.15, 0.2) is 35.3 Å². The molecule has 1 aliphatic carbocycles. The molecule has 2 aliphatic rings. The van der Waals surface area contributed by atoms with E-state index in [1.54, 1.807) is 0 Å². The molecule has 1 saturated heterocycles. The van der Waals surface area contributed by atoms with E-state index in [-0.39, 0.29) is 35.8 Å². The molecular formula is C23H38IN5O. The fourth-order valence-corrected chi connectivity index (χ4v) is 3.82.